The largest absolute Gasteiger partial charge is 0.469 e. The van der Waals surface area contributed by atoms with Crippen molar-refractivity contribution in [2.75, 3.05) is 5.43 Å². The maximum Gasteiger partial charge on any atom is 0.242 e. The fraction of sp³-hybridized carbons (Fsp3) is 0.357. The molecule has 1 fully saturated rings. The van der Waals surface area contributed by atoms with Crippen LogP contribution >= 0.6 is 0 Å². The minimum Gasteiger partial charge on any atom is -0.469 e. The lowest BCUT2D eigenvalue weighted by atomic mass is 10.2. The zero-order chi connectivity index (χ0) is 14.1. The van der Waals surface area contributed by atoms with Crippen LogP contribution in [0.1, 0.15) is 29.5 Å². The van der Waals surface area contributed by atoms with Gasteiger partial charge in [-0.2, -0.15) is 0 Å². The van der Waals surface area contributed by atoms with Gasteiger partial charge in [-0.3, -0.25) is 15.6 Å². The van der Waals surface area contributed by atoms with E-state index in [1.54, 1.807) is 6.26 Å². The molecule has 3 rings (SSSR count). The van der Waals surface area contributed by atoms with Gasteiger partial charge in [-0.25, -0.2) is 9.97 Å². The molecule has 2 aromatic rings. The number of hydrogen-bond donors (Lipinski definition) is 2. The number of carbonyl (C=O) groups is 1. The van der Waals surface area contributed by atoms with Gasteiger partial charge in [0.05, 0.1) is 12.2 Å². The van der Waals surface area contributed by atoms with Gasteiger partial charge < -0.3 is 4.42 Å². The smallest absolute Gasteiger partial charge is 0.242 e. The number of furan rings is 1. The quantitative estimate of drug-likeness (QED) is 0.831. The molecule has 104 valence electrons. The van der Waals surface area contributed by atoms with Crippen molar-refractivity contribution in [2.24, 2.45) is 5.92 Å². The molecule has 0 bridgehead atoms. The topological polar surface area (TPSA) is 80.0 Å². The Morgan fingerprint density at radius 1 is 1.35 bits per heavy atom. The predicted octanol–water partition coefficient (Wildman–Crippen LogP) is 1.93. The van der Waals surface area contributed by atoms with Crippen LogP contribution in [0.5, 0.6) is 0 Å². The molecule has 0 aromatic carbocycles. The first-order valence-corrected chi connectivity index (χ1v) is 6.55. The molecule has 0 saturated heterocycles. The lowest BCUT2D eigenvalue weighted by Crippen LogP contribution is -2.32. The van der Waals surface area contributed by atoms with Crippen LogP contribution < -0.4 is 10.9 Å². The highest BCUT2D eigenvalue weighted by Crippen LogP contribution is 2.47. The highest BCUT2D eigenvalue weighted by atomic mass is 16.3. The summed E-state index contributed by atoms with van der Waals surface area (Å²) < 4.78 is 5.31. The van der Waals surface area contributed by atoms with E-state index in [-0.39, 0.29) is 17.7 Å². The second-order valence-corrected chi connectivity index (χ2v) is 5.05. The Kier molecular flexibility index (Phi) is 3.14. The summed E-state index contributed by atoms with van der Waals surface area (Å²) in [7, 11) is 0. The van der Waals surface area contributed by atoms with Crippen molar-refractivity contribution >= 4 is 11.9 Å². The maximum absolute atomic E-state index is 12.0. The second kappa shape index (κ2) is 4.96. The third-order valence-corrected chi connectivity index (χ3v) is 3.32. The van der Waals surface area contributed by atoms with E-state index < -0.39 is 0 Å². The Morgan fingerprint density at radius 3 is 2.75 bits per heavy atom. The number of nitrogens with zero attached hydrogens (tertiary/aromatic N) is 2. The van der Waals surface area contributed by atoms with Gasteiger partial charge in [0.1, 0.15) is 5.76 Å². The summed E-state index contributed by atoms with van der Waals surface area (Å²) in [5, 5.41) is 0. The van der Waals surface area contributed by atoms with E-state index in [1.807, 2.05) is 32.0 Å². The van der Waals surface area contributed by atoms with Crippen molar-refractivity contribution in [2.45, 2.75) is 26.2 Å². The highest BCUT2D eigenvalue weighted by Gasteiger charge is 2.45. The molecule has 0 spiro atoms. The molecule has 2 atom stereocenters. The Bertz CT molecular complexity index is 604. The number of nitrogens with one attached hydrogen (secondary N) is 2. The SMILES string of the molecule is Cc1cc(C)nc(NNC(=O)[C@@H]2C[C@@H]2c2ccco2)n1. The standard InChI is InChI=1S/C14H16N4O2/c1-8-6-9(2)16-14(15-8)18-17-13(19)11-7-10(11)12-4-3-5-20-12/h3-6,10-11H,7H2,1-2H3,(H,17,19)(H,15,16,18)/t10-,11+/m0/s1. The number of hydrazine groups is 1. The summed E-state index contributed by atoms with van der Waals surface area (Å²) in [4.78, 5) is 20.4. The van der Waals surface area contributed by atoms with Gasteiger partial charge in [0.25, 0.3) is 0 Å². The number of aromatic nitrogens is 2. The van der Waals surface area contributed by atoms with Crippen LogP contribution in [0.15, 0.2) is 28.9 Å². The first-order chi connectivity index (χ1) is 9.63. The average molecular weight is 272 g/mol. The van der Waals surface area contributed by atoms with Crippen molar-refractivity contribution in [1.29, 1.82) is 0 Å². The van der Waals surface area contributed by atoms with E-state index in [4.69, 9.17) is 4.42 Å². The number of hydrogen-bond acceptors (Lipinski definition) is 5. The number of anilines is 1. The third kappa shape index (κ3) is 2.64. The molecule has 1 aliphatic carbocycles. The zero-order valence-corrected chi connectivity index (χ0v) is 11.4. The van der Waals surface area contributed by atoms with Gasteiger partial charge >= 0.3 is 0 Å². The molecule has 1 amide bonds. The van der Waals surface area contributed by atoms with Gasteiger partial charge in [-0.15, -0.1) is 0 Å². The van der Waals surface area contributed by atoms with Gasteiger partial charge in [-0.05, 0) is 38.5 Å². The predicted molar refractivity (Wildman–Crippen MR) is 72.8 cm³/mol. The number of aryl methyl sites for hydroxylation is 2. The Balaban J connectivity index is 1.55. The van der Waals surface area contributed by atoms with E-state index in [0.717, 1.165) is 23.6 Å². The summed E-state index contributed by atoms with van der Waals surface area (Å²) in [6.07, 6.45) is 2.44. The normalized spacial score (nSPS) is 20.5. The summed E-state index contributed by atoms with van der Waals surface area (Å²) >= 11 is 0. The van der Waals surface area contributed by atoms with Crippen molar-refractivity contribution in [1.82, 2.24) is 15.4 Å². The summed E-state index contributed by atoms with van der Waals surface area (Å²) in [5.41, 5.74) is 7.12. The molecule has 2 N–H and O–H groups in total. The van der Waals surface area contributed by atoms with Crippen LogP contribution in [0.25, 0.3) is 0 Å². The lowest BCUT2D eigenvalue weighted by molar-refractivity contribution is -0.121. The second-order valence-electron chi connectivity index (χ2n) is 5.05. The first kappa shape index (κ1) is 12.7. The first-order valence-electron chi connectivity index (χ1n) is 6.55. The molecular weight excluding hydrogens is 256 g/mol. The summed E-state index contributed by atoms with van der Waals surface area (Å²) in [6, 6.07) is 5.61. The van der Waals surface area contributed by atoms with Gasteiger partial charge in [0, 0.05) is 17.3 Å². The average Bonchev–Trinajstić information content (AvgIpc) is 3.01. The Morgan fingerprint density at radius 2 is 2.10 bits per heavy atom. The molecular formula is C14H16N4O2. The summed E-state index contributed by atoms with van der Waals surface area (Å²) in [6.45, 7) is 3.77. The van der Waals surface area contributed by atoms with Gasteiger partial charge in [0.2, 0.25) is 11.9 Å². The molecule has 0 radical (unpaired) electrons. The van der Waals surface area contributed by atoms with Gasteiger partial charge in [-0.1, -0.05) is 0 Å². The van der Waals surface area contributed by atoms with E-state index in [0.29, 0.717) is 5.95 Å². The number of amides is 1. The van der Waals surface area contributed by atoms with Crippen LogP contribution in [0.3, 0.4) is 0 Å². The molecule has 6 nitrogen and oxygen atoms in total. The van der Waals surface area contributed by atoms with Crippen LogP contribution in [0.2, 0.25) is 0 Å². The lowest BCUT2D eigenvalue weighted by Gasteiger charge is -2.07. The number of rotatable bonds is 4. The van der Waals surface area contributed by atoms with Crippen LogP contribution in [-0.2, 0) is 4.79 Å². The molecule has 2 aromatic heterocycles. The third-order valence-electron chi connectivity index (χ3n) is 3.32. The van der Waals surface area contributed by atoms with Crippen LogP contribution in [-0.4, -0.2) is 15.9 Å². The van der Waals surface area contributed by atoms with Gasteiger partial charge in [0.15, 0.2) is 0 Å². The van der Waals surface area contributed by atoms with E-state index in [2.05, 4.69) is 20.8 Å². The van der Waals surface area contributed by atoms with Crippen molar-refractivity contribution in [3.63, 3.8) is 0 Å². The fourth-order valence-electron chi connectivity index (χ4n) is 2.29. The fourth-order valence-corrected chi connectivity index (χ4v) is 2.29. The van der Waals surface area contributed by atoms with E-state index in [1.165, 1.54) is 0 Å². The molecule has 20 heavy (non-hydrogen) atoms. The highest BCUT2D eigenvalue weighted by molar-refractivity contribution is 5.83. The van der Waals surface area contributed by atoms with Crippen molar-refractivity contribution in [3.8, 4) is 0 Å². The van der Waals surface area contributed by atoms with Crippen molar-refractivity contribution in [3.05, 3.63) is 41.6 Å². The van der Waals surface area contributed by atoms with Crippen LogP contribution in [0, 0.1) is 19.8 Å². The number of carbonyl (C=O) groups excluding carboxylic acids is 1. The summed E-state index contributed by atoms with van der Waals surface area (Å²) in [5.74, 6) is 1.36. The zero-order valence-electron chi connectivity index (χ0n) is 11.4. The Labute approximate surface area is 116 Å². The monoisotopic (exact) mass is 272 g/mol. The minimum absolute atomic E-state index is 0.0421. The molecule has 2 heterocycles. The van der Waals surface area contributed by atoms with E-state index in [9.17, 15) is 4.79 Å². The van der Waals surface area contributed by atoms with Crippen molar-refractivity contribution < 1.29 is 9.21 Å². The Hall–Kier alpha value is -2.37. The minimum atomic E-state index is -0.0610. The van der Waals surface area contributed by atoms with E-state index >= 15 is 0 Å². The molecule has 0 aliphatic heterocycles. The maximum atomic E-state index is 12.0. The van der Waals surface area contributed by atoms with Crippen LogP contribution in [0.4, 0.5) is 5.95 Å². The molecule has 0 unspecified atom stereocenters. The molecule has 6 heteroatoms. The molecule has 1 aliphatic rings. The molecule has 1 saturated carbocycles.